The van der Waals surface area contributed by atoms with Crippen molar-refractivity contribution in [3.05, 3.63) is 0 Å². The van der Waals surface area contributed by atoms with Crippen molar-refractivity contribution in [3.8, 4) is 0 Å². The minimum Gasteiger partial charge on any atom is -0.339 e. The molecule has 0 saturated carbocycles. The summed E-state index contributed by atoms with van der Waals surface area (Å²) in [6.07, 6.45) is 5.70. The Morgan fingerprint density at radius 2 is 2.12 bits per heavy atom. The van der Waals surface area contributed by atoms with Crippen molar-refractivity contribution in [1.82, 2.24) is 4.90 Å². The third kappa shape index (κ3) is 3.21. The van der Waals surface area contributed by atoms with E-state index >= 15 is 0 Å². The summed E-state index contributed by atoms with van der Waals surface area (Å²) in [7, 11) is 0. The van der Waals surface area contributed by atoms with Crippen LogP contribution in [-0.4, -0.2) is 29.4 Å². The van der Waals surface area contributed by atoms with Gasteiger partial charge in [0.15, 0.2) is 0 Å². The van der Waals surface area contributed by atoms with Crippen LogP contribution in [0.4, 0.5) is 0 Å². The van der Waals surface area contributed by atoms with Gasteiger partial charge in [-0.1, -0.05) is 33.1 Å². The standard InChI is InChI=1S/C13H26N2O/c1-4-10(2)12(14)13(16)15-9-7-5-6-8-11(15)3/h10-12H,4-9,14H2,1-3H3/t10?,11?,12-/m0/s1. The lowest BCUT2D eigenvalue weighted by Crippen LogP contribution is -2.50. The Labute approximate surface area is 99.4 Å². The average molecular weight is 226 g/mol. The zero-order valence-electron chi connectivity index (χ0n) is 10.9. The molecule has 16 heavy (non-hydrogen) atoms. The summed E-state index contributed by atoms with van der Waals surface area (Å²) < 4.78 is 0. The molecule has 1 fully saturated rings. The van der Waals surface area contributed by atoms with Crippen LogP contribution < -0.4 is 5.73 Å². The second-order valence-electron chi connectivity index (χ2n) is 5.14. The van der Waals surface area contributed by atoms with Crippen LogP contribution in [0.2, 0.25) is 0 Å². The number of hydrogen-bond acceptors (Lipinski definition) is 2. The average Bonchev–Trinajstić information content (AvgIpc) is 2.51. The summed E-state index contributed by atoms with van der Waals surface area (Å²) in [6, 6.07) is 0.0515. The molecule has 1 saturated heterocycles. The molecule has 3 atom stereocenters. The first-order valence-electron chi connectivity index (χ1n) is 6.64. The van der Waals surface area contributed by atoms with Gasteiger partial charge in [-0.25, -0.2) is 0 Å². The van der Waals surface area contributed by atoms with E-state index in [9.17, 15) is 4.79 Å². The molecule has 1 aliphatic heterocycles. The number of carbonyl (C=O) groups excluding carboxylic acids is 1. The van der Waals surface area contributed by atoms with Gasteiger partial charge in [0.25, 0.3) is 0 Å². The van der Waals surface area contributed by atoms with E-state index < -0.39 is 0 Å². The lowest BCUT2D eigenvalue weighted by Gasteiger charge is -2.31. The highest BCUT2D eigenvalue weighted by Crippen LogP contribution is 2.18. The lowest BCUT2D eigenvalue weighted by molar-refractivity contribution is -0.135. The van der Waals surface area contributed by atoms with E-state index in [1.165, 1.54) is 12.8 Å². The smallest absolute Gasteiger partial charge is 0.239 e. The Bertz CT molecular complexity index is 230. The molecule has 3 heteroatoms. The lowest BCUT2D eigenvalue weighted by atomic mass is 9.98. The topological polar surface area (TPSA) is 46.3 Å². The molecule has 1 aliphatic rings. The van der Waals surface area contributed by atoms with E-state index in [2.05, 4.69) is 20.8 Å². The molecule has 3 nitrogen and oxygen atoms in total. The Balaban J connectivity index is 2.63. The summed E-state index contributed by atoms with van der Waals surface area (Å²) in [4.78, 5) is 14.3. The summed E-state index contributed by atoms with van der Waals surface area (Å²) in [5.41, 5.74) is 6.02. The molecule has 94 valence electrons. The monoisotopic (exact) mass is 226 g/mol. The number of nitrogens with zero attached hydrogens (tertiary/aromatic N) is 1. The van der Waals surface area contributed by atoms with Crippen molar-refractivity contribution < 1.29 is 4.79 Å². The van der Waals surface area contributed by atoms with E-state index in [0.29, 0.717) is 6.04 Å². The highest BCUT2D eigenvalue weighted by atomic mass is 16.2. The second kappa shape index (κ2) is 6.24. The maximum Gasteiger partial charge on any atom is 0.239 e. The molecule has 0 aromatic rings. The molecule has 0 bridgehead atoms. The molecule has 2 unspecified atom stereocenters. The number of rotatable bonds is 3. The Kier molecular flexibility index (Phi) is 5.26. The van der Waals surface area contributed by atoms with Gasteiger partial charge in [-0.3, -0.25) is 4.79 Å². The van der Waals surface area contributed by atoms with Crippen LogP contribution >= 0.6 is 0 Å². The van der Waals surface area contributed by atoms with Crippen molar-refractivity contribution in [1.29, 1.82) is 0 Å². The van der Waals surface area contributed by atoms with Gasteiger partial charge < -0.3 is 10.6 Å². The van der Waals surface area contributed by atoms with Crippen LogP contribution in [-0.2, 0) is 4.79 Å². The molecule has 1 amide bonds. The minimum atomic E-state index is -0.314. The molecular weight excluding hydrogens is 200 g/mol. The van der Waals surface area contributed by atoms with E-state index in [1.807, 2.05) is 4.90 Å². The second-order valence-corrected chi connectivity index (χ2v) is 5.14. The van der Waals surface area contributed by atoms with Gasteiger partial charge in [-0.05, 0) is 25.7 Å². The van der Waals surface area contributed by atoms with Crippen LogP contribution in [0.5, 0.6) is 0 Å². The van der Waals surface area contributed by atoms with Crippen LogP contribution in [0, 0.1) is 5.92 Å². The zero-order chi connectivity index (χ0) is 12.1. The highest BCUT2D eigenvalue weighted by molar-refractivity contribution is 5.82. The summed E-state index contributed by atoms with van der Waals surface area (Å²) in [5.74, 6) is 0.437. The third-order valence-corrected chi connectivity index (χ3v) is 3.88. The van der Waals surface area contributed by atoms with E-state index in [1.54, 1.807) is 0 Å². The van der Waals surface area contributed by atoms with Gasteiger partial charge in [0.2, 0.25) is 5.91 Å². The van der Waals surface area contributed by atoms with Gasteiger partial charge in [0, 0.05) is 12.6 Å². The third-order valence-electron chi connectivity index (χ3n) is 3.88. The first-order valence-corrected chi connectivity index (χ1v) is 6.64. The molecule has 0 aliphatic carbocycles. The molecule has 0 aromatic heterocycles. The maximum atomic E-state index is 12.3. The fourth-order valence-electron chi connectivity index (χ4n) is 2.29. The van der Waals surface area contributed by atoms with Crippen molar-refractivity contribution in [2.45, 2.75) is 65.0 Å². The largest absolute Gasteiger partial charge is 0.339 e. The quantitative estimate of drug-likeness (QED) is 0.801. The first kappa shape index (κ1) is 13.5. The predicted molar refractivity (Wildman–Crippen MR) is 67.1 cm³/mol. The van der Waals surface area contributed by atoms with Gasteiger partial charge in [-0.2, -0.15) is 0 Å². The summed E-state index contributed by atoms with van der Waals surface area (Å²) >= 11 is 0. The normalized spacial score (nSPS) is 26.0. The molecule has 1 rings (SSSR count). The van der Waals surface area contributed by atoms with Crippen molar-refractivity contribution >= 4 is 5.91 Å². The fraction of sp³-hybridized carbons (Fsp3) is 0.923. The van der Waals surface area contributed by atoms with E-state index in [-0.39, 0.29) is 17.9 Å². The molecule has 1 heterocycles. The molecule has 2 N–H and O–H groups in total. The number of carbonyl (C=O) groups is 1. The van der Waals surface area contributed by atoms with Crippen LogP contribution in [0.3, 0.4) is 0 Å². The van der Waals surface area contributed by atoms with E-state index in [4.69, 9.17) is 5.73 Å². The number of amides is 1. The van der Waals surface area contributed by atoms with E-state index in [0.717, 1.165) is 25.8 Å². The summed E-state index contributed by atoms with van der Waals surface area (Å²) in [5, 5.41) is 0. The number of hydrogen-bond donors (Lipinski definition) is 1. The molecular formula is C13H26N2O. The van der Waals surface area contributed by atoms with Gasteiger partial charge in [0.1, 0.15) is 0 Å². The number of likely N-dealkylation sites (tertiary alicyclic amines) is 1. The highest BCUT2D eigenvalue weighted by Gasteiger charge is 2.28. The SMILES string of the molecule is CCC(C)[C@H](N)C(=O)N1CCCCCC1C. The molecule has 0 aromatic carbocycles. The Hall–Kier alpha value is -0.570. The fourth-order valence-corrected chi connectivity index (χ4v) is 2.29. The predicted octanol–water partition coefficient (Wildman–Crippen LogP) is 2.15. The van der Waals surface area contributed by atoms with Crippen LogP contribution in [0.15, 0.2) is 0 Å². The van der Waals surface area contributed by atoms with Gasteiger partial charge >= 0.3 is 0 Å². The van der Waals surface area contributed by atoms with Gasteiger partial charge in [0.05, 0.1) is 6.04 Å². The maximum absolute atomic E-state index is 12.3. The molecule has 0 radical (unpaired) electrons. The van der Waals surface area contributed by atoms with Crippen LogP contribution in [0.25, 0.3) is 0 Å². The molecule has 0 spiro atoms. The number of nitrogens with two attached hydrogens (primary N) is 1. The van der Waals surface area contributed by atoms with Crippen molar-refractivity contribution in [2.24, 2.45) is 11.7 Å². The van der Waals surface area contributed by atoms with Crippen molar-refractivity contribution in [2.75, 3.05) is 6.54 Å². The Morgan fingerprint density at radius 3 is 2.75 bits per heavy atom. The zero-order valence-corrected chi connectivity index (χ0v) is 10.9. The Morgan fingerprint density at radius 1 is 1.44 bits per heavy atom. The minimum absolute atomic E-state index is 0.156. The van der Waals surface area contributed by atoms with Crippen LogP contribution in [0.1, 0.15) is 52.9 Å². The van der Waals surface area contributed by atoms with Gasteiger partial charge in [-0.15, -0.1) is 0 Å². The van der Waals surface area contributed by atoms with Crippen molar-refractivity contribution in [3.63, 3.8) is 0 Å². The summed E-state index contributed by atoms with van der Waals surface area (Å²) in [6.45, 7) is 7.19. The first-order chi connectivity index (χ1) is 7.57.